The maximum atomic E-state index is 12.8. The topological polar surface area (TPSA) is 111 Å². The zero-order valence-electron chi connectivity index (χ0n) is 19.3. The molecule has 1 saturated heterocycles. The number of hydrogen-bond donors (Lipinski definition) is 1. The second-order valence-electron chi connectivity index (χ2n) is 8.30. The average Bonchev–Trinajstić information content (AvgIpc) is 3.39. The lowest BCUT2D eigenvalue weighted by molar-refractivity contribution is -0.122. The van der Waals surface area contributed by atoms with Gasteiger partial charge in [0.2, 0.25) is 5.91 Å². The third-order valence-corrected chi connectivity index (χ3v) is 6.11. The molecule has 11 nitrogen and oxygen atoms in total. The predicted molar refractivity (Wildman–Crippen MR) is 128 cm³/mol. The molecule has 0 aliphatic carbocycles. The summed E-state index contributed by atoms with van der Waals surface area (Å²) in [4.78, 5) is 41.7. The minimum Gasteiger partial charge on any atom is -0.497 e. The van der Waals surface area contributed by atoms with Crippen molar-refractivity contribution >= 4 is 23.3 Å². The molecule has 3 aromatic rings. The van der Waals surface area contributed by atoms with E-state index in [1.54, 1.807) is 31.4 Å². The summed E-state index contributed by atoms with van der Waals surface area (Å²) in [7, 11) is 1.56. The first-order valence-electron chi connectivity index (χ1n) is 11.4. The Morgan fingerprint density at radius 3 is 2.37 bits per heavy atom. The molecule has 2 aromatic carbocycles. The molecule has 5 rings (SSSR count). The molecular formula is C24H26N6O5. The van der Waals surface area contributed by atoms with Gasteiger partial charge in [0.1, 0.15) is 12.3 Å². The van der Waals surface area contributed by atoms with E-state index in [4.69, 9.17) is 9.47 Å². The third kappa shape index (κ3) is 4.62. The summed E-state index contributed by atoms with van der Waals surface area (Å²) in [5.74, 6) is 0.599. The number of carbonyl (C=O) groups is 2. The van der Waals surface area contributed by atoms with Gasteiger partial charge < -0.3 is 19.7 Å². The van der Waals surface area contributed by atoms with Crippen molar-refractivity contribution in [2.75, 3.05) is 43.2 Å². The van der Waals surface area contributed by atoms with Crippen molar-refractivity contribution in [3.05, 3.63) is 70.4 Å². The Kier molecular flexibility index (Phi) is 6.23. The third-order valence-electron chi connectivity index (χ3n) is 6.11. The highest BCUT2D eigenvalue weighted by atomic mass is 16.5. The number of ether oxygens (including phenoxy) is 2. The molecule has 0 saturated carbocycles. The highest BCUT2D eigenvalue weighted by Crippen LogP contribution is 2.24. The average molecular weight is 479 g/mol. The Labute approximate surface area is 201 Å². The first kappa shape index (κ1) is 22.7. The molecule has 0 bridgehead atoms. The van der Waals surface area contributed by atoms with E-state index in [0.29, 0.717) is 23.8 Å². The summed E-state index contributed by atoms with van der Waals surface area (Å²) in [6.07, 6.45) is 0. The molecule has 3 heterocycles. The van der Waals surface area contributed by atoms with Gasteiger partial charge in [-0.25, -0.2) is 14.3 Å². The summed E-state index contributed by atoms with van der Waals surface area (Å²) in [5.41, 5.74) is 2.06. The van der Waals surface area contributed by atoms with Crippen molar-refractivity contribution < 1.29 is 19.1 Å². The van der Waals surface area contributed by atoms with Gasteiger partial charge in [0.25, 0.3) is 0 Å². The summed E-state index contributed by atoms with van der Waals surface area (Å²) in [5, 5.41) is 7.02. The van der Waals surface area contributed by atoms with Crippen LogP contribution in [-0.4, -0.2) is 59.7 Å². The number of nitrogens with zero attached hydrogens (tertiary/aromatic N) is 5. The molecule has 2 aliphatic rings. The van der Waals surface area contributed by atoms with Crippen LogP contribution in [0, 0.1) is 0 Å². The first-order valence-corrected chi connectivity index (χ1v) is 11.4. The van der Waals surface area contributed by atoms with Crippen molar-refractivity contribution in [2.24, 2.45) is 0 Å². The Bertz CT molecular complexity index is 1280. The molecule has 0 atom stereocenters. The number of fused-ring (bicyclic) bond motifs is 1. The van der Waals surface area contributed by atoms with E-state index in [1.165, 1.54) is 4.90 Å². The minimum atomic E-state index is -0.633. The van der Waals surface area contributed by atoms with E-state index in [1.807, 2.05) is 24.3 Å². The fraction of sp³-hybridized carbons (Fsp3) is 0.333. The quantitative estimate of drug-likeness (QED) is 0.543. The highest BCUT2D eigenvalue weighted by Gasteiger charge is 2.33. The Hall–Kier alpha value is -4.12. The zero-order valence-corrected chi connectivity index (χ0v) is 19.3. The lowest BCUT2D eigenvalue weighted by Crippen LogP contribution is -2.37. The Morgan fingerprint density at radius 2 is 1.71 bits per heavy atom. The number of carbonyl (C=O) groups excluding carboxylic acids is 2. The van der Waals surface area contributed by atoms with Crippen LogP contribution in [0.25, 0.3) is 0 Å². The van der Waals surface area contributed by atoms with Gasteiger partial charge in [-0.3, -0.25) is 9.69 Å². The zero-order chi connectivity index (χ0) is 24.4. The summed E-state index contributed by atoms with van der Waals surface area (Å²) < 4.78 is 12.5. The summed E-state index contributed by atoms with van der Waals surface area (Å²) in [6.45, 7) is 3.37. The molecule has 2 aliphatic heterocycles. The van der Waals surface area contributed by atoms with Crippen LogP contribution in [0.1, 0.15) is 11.4 Å². The van der Waals surface area contributed by atoms with Gasteiger partial charge in [-0.15, -0.1) is 0 Å². The van der Waals surface area contributed by atoms with Crippen molar-refractivity contribution in [3.63, 3.8) is 0 Å². The van der Waals surface area contributed by atoms with Crippen molar-refractivity contribution in [3.8, 4) is 5.75 Å². The number of morpholine rings is 1. The molecule has 0 spiro atoms. The number of hydrogen-bond acceptors (Lipinski definition) is 7. The number of benzene rings is 2. The Balaban J connectivity index is 1.18. The lowest BCUT2D eigenvalue weighted by Gasteiger charge is -2.28. The number of nitrogens with one attached hydrogen (secondary N) is 1. The number of methoxy groups -OCH3 is 1. The molecule has 11 heteroatoms. The lowest BCUT2D eigenvalue weighted by atomic mass is 10.2. The van der Waals surface area contributed by atoms with Gasteiger partial charge in [0.15, 0.2) is 5.82 Å². The number of aromatic nitrogens is 3. The van der Waals surface area contributed by atoms with Crippen LogP contribution in [0.5, 0.6) is 5.75 Å². The second-order valence-corrected chi connectivity index (χ2v) is 8.30. The van der Waals surface area contributed by atoms with Crippen molar-refractivity contribution in [1.29, 1.82) is 0 Å². The first-order chi connectivity index (χ1) is 17.0. The fourth-order valence-corrected chi connectivity index (χ4v) is 4.18. The molecule has 1 aromatic heterocycles. The van der Waals surface area contributed by atoms with Crippen LogP contribution < -0.4 is 25.5 Å². The molecule has 1 N–H and O–H groups in total. The number of anilines is 2. The molecule has 1 fully saturated rings. The van der Waals surface area contributed by atoms with Gasteiger partial charge in [0.05, 0.1) is 26.9 Å². The summed E-state index contributed by atoms with van der Waals surface area (Å²) >= 11 is 0. The van der Waals surface area contributed by atoms with E-state index in [0.717, 1.165) is 46.8 Å². The summed E-state index contributed by atoms with van der Waals surface area (Å²) in [6, 6.07) is 14.4. The van der Waals surface area contributed by atoms with E-state index < -0.39 is 11.7 Å². The second kappa shape index (κ2) is 9.63. The van der Waals surface area contributed by atoms with E-state index in [9.17, 15) is 14.4 Å². The van der Waals surface area contributed by atoms with Crippen LogP contribution >= 0.6 is 0 Å². The highest BCUT2D eigenvalue weighted by molar-refractivity contribution is 5.96. The largest absolute Gasteiger partial charge is 0.497 e. The van der Waals surface area contributed by atoms with Crippen LogP contribution in [0.15, 0.2) is 53.3 Å². The van der Waals surface area contributed by atoms with E-state index >= 15 is 0 Å². The van der Waals surface area contributed by atoms with E-state index in [-0.39, 0.29) is 19.0 Å². The van der Waals surface area contributed by atoms with Gasteiger partial charge in [-0.05, 0) is 42.0 Å². The smallest absolute Gasteiger partial charge is 0.354 e. The fourth-order valence-electron chi connectivity index (χ4n) is 4.18. The molecule has 0 radical (unpaired) electrons. The molecular weight excluding hydrogens is 452 g/mol. The predicted octanol–water partition coefficient (Wildman–Crippen LogP) is 1.19. The van der Waals surface area contributed by atoms with Crippen LogP contribution in [-0.2, 0) is 29.2 Å². The SMILES string of the molecule is COc1ccc(N2Cc3nn(CC(=O)NCc4ccc(N5CCOCC5)cc4)c(=O)n3C2=O)cc1. The number of amides is 2. The van der Waals surface area contributed by atoms with Gasteiger partial charge in [-0.2, -0.15) is 9.67 Å². The van der Waals surface area contributed by atoms with E-state index in [2.05, 4.69) is 15.3 Å². The van der Waals surface area contributed by atoms with Crippen LogP contribution in [0.2, 0.25) is 0 Å². The monoisotopic (exact) mass is 478 g/mol. The van der Waals surface area contributed by atoms with Crippen LogP contribution in [0.3, 0.4) is 0 Å². The van der Waals surface area contributed by atoms with Gasteiger partial charge >= 0.3 is 11.7 Å². The van der Waals surface area contributed by atoms with Crippen molar-refractivity contribution in [1.82, 2.24) is 19.7 Å². The van der Waals surface area contributed by atoms with Gasteiger partial charge in [-0.1, -0.05) is 12.1 Å². The Morgan fingerprint density at radius 1 is 1.03 bits per heavy atom. The van der Waals surface area contributed by atoms with Gasteiger partial charge in [0, 0.05) is 31.0 Å². The minimum absolute atomic E-state index is 0.143. The number of rotatable bonds is 7. The van der Waals surface area contributed by atoms with Crippen LogP contribution in [0.4, 0.5) is 16.2 Å². The maximum Gasteiger partial charge on any atom is 0.354 e. The molecule has 182 valence electrons. The molecule has 35 heavy (non-hydrogen) atoms. The molecule has 0 unspecified atom stereocenters. The standard InChI is InChI=1S/C24H26N6O5/c1-34-20-8-6-19(7-9-20)28-15-21-26-29(24(33)30(21)23(28)32)16-22(31)25-14-17-2-4-18(5-3-17)27-10-12-35-13-11-27/h2-9H,10-16H2,1H3,(H,25,31). The maximum absolute atomic E-state index is 12.8. The van der Waals surface area contributed by atoms with Crippen molar-refractivity contribution in [2.45, 2.75) is 19.6 Å². The normalized spacial score (nSPS) is 15.3. The molecule has 2 amide bonds.